The molecular formula is C24H28N2O4. The van der Waals surface area contributed by atoms with Crippen molar-refractivity contribution in [2.24, 2.45) is 0 Å². The van der Waals surface area contributed by atoms with Crippen molar-refractivity contribution in [1.29, 1.82) is 0 Å². The molecule has 1 aliphatic rings. The van der Waals surface area contributed by atoms with E-state index in [1.54, 1.807) is 30.2 Å². The summed E-state index contributed by atoms with van der Waals surface area (Å²) in [6.45, 7) is 6.80. The Labute approximate surface area is 177 Å². The number of hydrogen-bond acceptors (Lipinski definition) is 4. The van der Waals surface area contributed by atoms with Gasteiger partial charge in [0, 0.05) is 18.7 Å². The quantitative estimate of drug-likeness (QED) is 0.610. The first-order valence-corrected chi connectivity index (χ1v) is 10.4. The summed E-state index contributed by atoms with van der Waals surface area (Å²) in [6, 6.07) is 12.2. The van der Waals surface area contributed by atoms with Crippen molar-refractivity contribution in [3.8, 4) is 5.75 Å². The zero-order valence-corrected chi connectivity index (χ0v) is 18.0. The smallest absolute Gasteiger partial charge is 0.261 e. The lowest BCUT2D eigenvalue weighted by Crippen LogP contribution is -2.33. The predicted octanol–water partition coefficient (Wildman–Crippen LogP) is 4.31. The molecule has 1 atom stereocenters. The first-order valence-electron chi connectivity index (χ1n) is 10.4. The van der Waals surface area contributed by atoms with Crippen LogP contribution in [0.4, 0.5) is 0 Å². The predicted molar refractivity (Wildman–Crippen MR) is 115 cm³/mol. The van der Waals surface area contributed by atoms with Gasteiger partial charge in [-0.05, 0) is 56.2 Å². The average molecular weight is 408 g/mol. The third-order valence-electron chi connectivity index (χ3n) is 5.60. The van der Waals surface area contributed by atoms with Gasteiger partial charge in [-0.3, -0.25) is 19.3 Å². The molecule has 1 unspecified atom stereocenters. The molecule has 2 aromatic carbocycles. The molecule has 0 bridgehead atoms. The Morgan fingerprint density at radius 1 is 1.07 bits per heavy atom. The fourth-order valence-electron chi connectivity index (χ4n) is 3.78. The standard InChI is InChI=1S/C24H28N2O4/c1-5-7-13-26-23(28)20-12-11-18(15-21(20)24(26)29)22(27)25(6-2)16(3)17-9-8-10-19(14-17)30-4/h8-12,14-16H,5-7,13H2,1-4H3. The number of unbranched alkanes of at least 4 members (excludes halogenated alkanes) is 1. The molecule has 0 saturated heterocycles. The van der Waals surface area contributed by atoms with E-state index in [4.69, 9.17) is 4.74 Å². The van der Waals surface area contributed by atoms with Crippen molar-refractivity contribution in [3.63, 3.8) is 0 Å². The van der Waals surface area contributed by atoms with Gasteiger partial charge in [0.25, 0.3) is 17.7 Å². The number of carbonyl (C=O) groups is 3. The van der Waals surface area contributed by atoms with E-state index in [1.807, 2.05) is 45.0 Å². The van der Waals surface area contributed by atoms with E-state index in [9.17, 15) is 14.4 Å². The van der Waals surface area contributed by atoms with Gasteiger partial charge in [0.15, 0.2) is 0 Å². The van der Waals surface area contributed by atoms with E-state index in [0.29, 0.717) is 29.8 Å². The number of nitrogens with zero attached hydrogens (tertiary/aromatic N) is 2. The minimum absolute atomic E-state index is 0.177. The highest BCUT2D eigenvalue weighted by atomic mass is 16.5. The van der Waals surface area contributed by atoms with Crippen molar-refractivity contribution in [3.05, 3.63) is 64.7 Å². The highest BCUT2D eigenvalue weighted by molar-refractivity contribution is 6.22. The van der Waals surface area contributed by atoms with Gasteiger partial charge in [-0.25, -0.2) is 0 Å². The summed E-state index contributed by atoms with van der Waals surface area (Å²) in [7, 11) is 1.61. The number of ether oxygens (including phenoxy) is 1. The maximum atomic E-state index is 13.3. The van der Waals surface area contributed by atoms with Crippen molar-refractivity contribution < 1.29 is 19.1 Å². The number of carbonyl (C=O) groups excluding carboxylic acids is 3. The minimum atomic E-state index is -0.318. The molecule has 30 heavy (non-hydrogen) atoms. The number of amides is 3. The number of fused-ring (bicyclic) bond motifs is 1. The number of methoxy groups -OCH3 is 1. The van der Waals surface area contributed by atoms with Crippen LogP contribution in [0, 0.1) is 0 Å². The number of rotatable bonds is 8. The molecule has 0 aliphatic carbocycles. The molecule has 6 nitrogen and oxygen atoms in total. The summed E-state index contributed by atoms with van der Waals surface area (Å²) in [5.41, 5.74) is 2.05. The Kier molecular flexibility index (Phi) is 6.55. The number of benzene rings is 2. The van der Waals surface area contributed by atoms with Crippen LogP contribution in [-0.2, 0) is 0 Å². The summed E-state index contributed by atoms with van der Waals surface area (Å²) >= 11 is 0. The molecule has 1 aliphatic heterocycles. The van der Waals surface area contributed by atoms with Crippen LogP contribution < -0.4 is 4.74 Å². The maximum absolute atomic E-state index is 13.3. The van der Waals surface area contributed by atoms with Gasteiger partial charge in [-0.1, -0.05) is 25.5 Å². The zero-order valence-electron chi connectivity index (χ0n) is 18.0. The van der Waals surface area contributed by atoms with Gasteiger partial charge in [0.2, 0.25) is 0 Å². The molecule has 0 radical (unpaired) electrons. The Morgan fingerprint density at radius 2 is 1.80 bits per heavy atom. The van der Waals surface area contributed by atoms with Crippen molar-refractivity contribution in [1.82, 2.24) is 9.80 Å². The second kappa shape index (κ2) is 9.11. The lowest BCUT2D eigenvalue weighted by Gasteiger charge is -2.29. The highest BCUT2D eigenvalue weighted by Crippen LogP contribution is 2.28. The normalized spacial score (nSPS) is 13.9. The third-order valence-corrected chi connectivity index (χ3v) is 5.60. The molecule has 0 fully saturated rings. The van der Waals surface area contributed by atoms with Crippen LogP contribution in [0.3, 0.4) is 0 Å². The highest BCUT2D eigenvalue weighted by Gasteiger charge is 2.36. The van der Waals surface area contributed by atoms with Crippen LogP contribution in [0.25, 0.3) is 0 Å². The molecule has 3 rings (SSSR count). The Hall–Kier alpha value is -3.15. The Morgan fingerprint density at radius 3 is 2.47 bits per heavy atom. The van der Waals surface area contributed by atoms with Crippen LogP contribution in [0.2, 0.25) is 0 Å². The van der Waals surface area contributed by atoms with Crippen LogP contribution in [0.15, 0.2) is 42.5 Å². The van der Waals surface area contributed by atoms with Crippen molar-refractivity contribution >= 4 is 17.7 Å². The molecule has 3 amide bonds. The SMILES string of the molecule is CCCCN1C(=O)c2ccc(C(=O)N(CC)C(C)c3cccc(OC)c3)cc2C1=O. The second-order valence-corrected chi connectivity index (χ2v) is 7.42. The van der Waals surface area contributed by atoms with E-state index in [-0.39, 0.29) is 23.8 Å². The zero-order chi connectivity index (χ0) is 21.8. The third kappa shape index (κ3) is 3.95. The van der Waals surface area contributed by atoms with Gasteiger partial charge < -0.3 is 9.64 Å². The average Bonchev–Trinajstić information content (AvgIpc) is 3.01. The van der Waals surface area contributed by atoms with Gasteiger partial charge >= 0.3 is 0 Å². The number of imide groups is 1. The van der Waals surface area contributed by atoms with Crippen LogP contribution in [-0.4, -0.2) is 47.7 Å². The monoisotopic (exact) mass is 408 g/mol. The molecule has 0 N–H and O–H groups in total. The Bertz CT molecular complexity index is 969. The van der Waals surface area contributed by atoms with Gasteiger partial charge in [-0.15, -0.1) is 0 Å². The molecular weight excluding hydrogens is 380 g/mol. The van der Waals surface area contributed by atoms with E-state index in [2.05, 4.69) is 0 Å². The van der Waals surface area contributed by atoms with Gasteiger partial charge in [-0.2, -0.15) is 0 Å². The van der Waals surface area contributed by atoms with E-state index in [0.717, 1.165) is 24.2 Å². The summed E-state index contributed by atoms with van der Waals surface area (Å²) < 4.78 is 5.30. The number of hydrogen-bond donors (Lipinski definition) is 0. The molecule has 2 aromatic rings. The second-order valence-electron chi connectivity index (χ2n) is 7.42. The molecule has 0 aromatic heterocycles. The van der Waals surface area contributed by atoms with E-state index >= 15 is 0 Å². The lowest BCUT2D eigenvalue weighted by atomic mass is 10.0. The molecule has 1 heterocycles. The molecule has 158 valence electrons. The fourth-order valence-corrected chi connectivity index (χ4v) is 3.78. The molecule has 0 spiro atoms. The largest absolute Gasteiger partial charge is 0.497 e. The first kappa shape index (κ1) is 21.6. The summed E-state index contributed by atoms with van der Waals surface area (Å²) in [6.07, 6.45) is 1.66. The van der Waals surface area contributed by atoms with Gasteiger partial charge in [0.1, 0.15) is 5.75 Å². The first-order chi connectivity index (χ1) is 14.4. The van der Waals surface area contributed by atoms with Crippen LogP contribution in [0.1, 0.15) is 76.3 Å². The Balaban J connectivity index is 1.87. The molecule has 0 saturated carbocycles. The lowest BCUT2D eigenvalue weighted by molar-refractivity contribution is 0.0651. The maximum Gasteiger partial charge on any atom is 0.261 e. The van der Waals surface area contributed by atoms with Crippen molar-refractivity contribution in [2.45, 2.75) is 39.7 Å². The minimum Gasteiger partial charge on any atom is -0.497 e. The van der Waals surface area contributed by atoms with E-state index in [1.165, 1.54) is 4.90 Å². The van der Waals surface area contributed by atoms with Gasteiger partial charge in [0.05, 0.1) is 24.3 Å². The van der Waals surface area contributed by atoms with Crippen molar-refractivity contribution in [2.75, 3.05) is 20.2 Å². The van der Waals surface area contributed by atoms with E-state index < -0.39 is 0 Å². The molecule has 6 heteroatoms. The van der Waals surface area contributed by atoms with Crippen LogP contribution >= 0.6 is 0 Å². The fraction of sp³-hybridized carbons (Fsp3) is 0.375. The summed E-state index contributed by atoms with van der Waals surface area (Å²) in [4.78, 5) is 41.5. The summed E-state index contributed by atoms with van der Waals surface area (Å²) in [5, 5.41) is 0. The topological polar surface area (TPSA) is 66.9 Å². The summed E-state index contributed by atoms with van der Waals surface area (Å²) in [5.74, 6) is -0.0407. The van der Waals surface area contributed by atoms with Crippen LogP contribution in [0.5, 0.6) is 5.75 Å².